The van der Waals surface area contributed by atoms with Crippen molar-refractivity contribution in [1.82, 2.24) is 0 Å². The Hall–Kier alpha value is -1.85. The Bertz CT molecular complexity index is 856. The minimum atomic E-state index is -1.51. The van der Waals surface area contributed by atoms with Gasteiger partial charge in [-0.25, -0.2) is 0 Å². The molecule has 20 heavy (non-hydrogen) atoms. The normalized spacial score (nSPS) is 12.8. The van der Waals surface area contributed by atoms with E-state index in [4.69, 9.17) is 21.8 Å². The zero-order chi connectivity index (χ0) is 14.3. The van der Waals surface area contributed by atoms with Gasteiger partial charge in [-0.15, -0.1) is 0 Å². The molecule has 0 saturated carbocycles. The molecule has 1 amide bonds. The molecule has 0 radical (unpaired) electrons. The van der Waals surface area contributed by atoms with Crippen LogP contribution >= 0.6 is 11.6 Å². The maximum atomic E-state index is 12.0. The predicted molar refractivity (Wildman–Crippen MR) is 79.2 cm³/mol. The van der Waals surface area contributed by atoms with Gasteiger partial charge in [0, 0.05) is 15.7 Å². The molecule has 1 heterocycles. The number of hydrogen-bond acceptors (Lipinski definition) is 3. The first-order valence-electron chi connectivity index (χ1n) is 5.84. The van der Waals surface area contributed by atoms with Crippen LogP contribution in [0, 0.1) is 0 Å². The van der Waals surface area contributed by atoms with Crippen LogP contribution in [0.1, 0.15) is 0 Å². The summed E-state index contributed by atoms with van der Waals surface area (Å²) in [7, 11) is -1.51. The second-order valence-electron chi connectivity index (χ2n) is 4.34. The summed E-state index contributed by atoms with van der Waals surface area (Å²) in [6.07, 6.45) is 0. The molecule has 3 aromatic rings. The van der Waals surface area contributed by atoms with E-state index < -0.39 is 16.7 Å². The minimum absolute atomic E-state index is 0.225. The topological polar surface area (TPSA) is 73.3 Å². The Labute approximate surface area is 121 Å². The van der Waals surface area contributed by atoms with E-state index in [1.165, 1.54) is 0 Å². The molecule has 3 rings (SSSR count). The van der Waals surface area contributed by atoms with Crippen molar-refractivity contribution in [1.29, 1.82) is 0 Å². The Morgan fingerprint density at radius 1 is 1.25 bits per heavy atom. The van der Waals surface area contributed by atoms with Gasteiger partial charge in [0.05, 0.1) is 15.8 Å². The average molecular weight is 308 g/mol. The Kier molecular flexibility index (Phi) is 3.23. The van der Waals surface area contributed by atoms with Crippen molar-refractivity contribution in [2.45, 2.75) is 4.90 Å². The number of benzene rings is 2. The van der Waals surface area contributed by atoms with Gasteiger partial charge in [0.25, 0.3) is 0 Å². The van der Waals surface area contributed by atoms with Crippen LogP contribution in [-0.2, 0) is 15.6 Å². The zero-order valence-corrected chi connectivity index (χ0v) is 11.8. The highest BCUT2D eigenvalue weighted by molar-refractivity contribution is 7.85. The molecule has 0 aliphatic heterocycles. The summed E-state index contributed by atoms with van der Waals surface area (Å²) in [4.78, 5) is 11.3. The van der Waals surface area contributed by atoms with Crippen LogP contribution < -0.4 is 5.73 Å². The van der Waals surface area contributed by atoms with Crippen LogP contribution in [0.15, 0.2) is 45.7 Å². The van der Waals surface area contributed by atoms with Gasteiger partial charge in [0.15, 0.2) is 5.58 Å². The number of carbonyl (C=O) groups is 1. The Morgan fingerprint density at radius 3 is 2.75 bits per heavy atom. The molecule has 0 bridgehead atoms. The predicted octanol–water partition coefficient (Wildman–Crippen LogP) is 2.83. The standard InChI is InChI=1S/C14H10ClNO3S/c15-11-6-8(20(18)7-13(16)17)5-10-9-3-1-2-4-12(9)19-14(10)11/h1-6H,7H2,(H2,16,17). The molecular formula is C14H10ClNO3S. The monoisotopic (exact) mass is 307 g/mol. The van der Waals surface area contributed by atoms with Crippen molar-refractivity contribution in [3.05, 3.63) is 41.4 Å². The molecule has 2 aromatic carbocycles. The lowest BCUT2D eigenvalue weighted by molar-refractivity contribution is -0.115. The largest absolute Gasteiger partial charge is 0.454 e. The zero-order valence-electron chi connectivity index (χ0n) is 10.3. The fourth-order valence-electron chi connectivity index (χ4n) is 2.10. The first kappa shape index (κ1) is 13.1. The van der Waals surface area contributed by atoms with E-state index in [0.29, 0.717) is 21.1 Å². The van der Waals surface area contributed by atoms with Gasteiger partial charge >= 0.3 is 0 Å². The molecule has 1 unspecified atom stereocenters. The van der Waals surface area contributed by atoms with E-state index in [1.54, 1.807) is 12.1 Å². The highest BCUT2D eigenvalue weighted by Crippen LogP contribution is 2.34. The van der Waals surface area contributed by atoms with E-state index in [1.807, 2.05) is 24.3 Å². The third-order valence-electron chi connectivity index (χ3n) is 2.94. The van der Waals surface area contributed by atoms with E-state index in [2.05, 4.69) is 0 Å². The number of hydrogen-bond donors (Lipinski definition) is 1. The molecule has 4 nitrogen and oxygen atoms in total. The maximum absolute atomic E-state index is 12.0. The van der Waals surface area contributed by atoms with Gasteiger partial charge in [-0.05, 0) is 18.2 Å². The van der Waals surface area contributed by atoms with Crippen LogP contribution in [0.2, 0.25) is 5.02 Å². The summed E-state index contributed by atoms with van der Waals surface area (Å²) in [6.45, 7) is 0. The lowest BCUT2D eigenvalue weighted by atomic mass is 10.1. The number of amides is 1. The van der Waals surface area contributed by atoms with Crippen LogP contribution in [-0.4, -0.2) is 15.9 Å². The number of furan rings is 1. The first-order chi connectivity index (χ1) is 9.56. The number of halogens is 1. The van der Waals surface area contributed by atoms with Crippen molar-refractivity contribution in [2.75, 3.05) is 5.75 Å². The number of fused-ring (bicyclic) bond motifs is 3. The second-order valence-corrected chi connectivity index (χ2v) is 6.19. The number of rotatable bonds is 3. The van der Waals surface area contributed by atoms with Crippen LogP contribution in [0.5, 0.6) is 0 Å². The average Bonchev–Trinajstić information content (AvgIpc) is 2.77. The number of para-hydroxylation sites is 1. The Balaban J connectivity index is 2.24. The Morgan fingerprint density at radius 2 is 2.00 bits per heavy atom. The fourth-order valence-corrected chi connectivity index (χ4v) is 3.35. The molecule has 0 aliphatic carbocycles. The molecule has 1 atom stereocenters. The molecule has 0 fully saturated rings. The molecule has 1 aromatic heterocycles. The molecule has 0 spiro atoms. The lowest BCUT2D eigenvalue weighted by Gasteiger charge is -2.01. The summed E-state index contributed by atoms with van der Waals surface area (Å²) >= 11 is 6.17. The van der Waals surface area contributed by atoms with E-state index in [9.17, 15) is 9.00 Å². The van der Waals surface area contributed by atoms with Crippen molar-refractivity contribution < 1.29 is 13.4 Å². The third kappa shape index (κ3) is 2.19. The van der Waals surface area contributed by atoms with Crippen molar-refractivity contribution in [2.24, 2.45) is 5.73 Å². The highest BCUT2D eigenvalue weighted by atomic mass is 35.5. The SMILES string of the molecule is NC(=O)CS(=O)c1cc(Cl)c2oc3ccccc3c2c1. The number of nitrogens with two attached hydrogens (primary N) is 1. The van der Waals surface area contributed by atoms with E-state index >= 15 is 0 Å². The highest BCUT2D eigenvalue weighted by Gasteiger charge is 2.15. The van der Waals surface area contributed by atoms with Gasteiger partial charge < -0.3 is 10.2 Å². The molecular weight excluding hydrogens is 298 g/mol. The van der Waals surface area contributed by atoms with E-state index in [-0.39, 0.29) is 5.75 Å². The first-order valence-corrected chi connectivity index (χ1v) is 7.53. The van der Waals surface area contributed by atoms with Gasteiger partial charge in [0.2, 0.25) is 5.91 Å². The summed E-state index contributed by atoms with van der Waals surface area (Å²) < 4.78 is 17.7. The van der Waals surface area contributed by atoms with Crippen molar-refractivity contribution in [3.8, 4) is 0 Å². The van der Waals surface area contributed by atoms with Crippen LogP contribution in [0.4, 0.5) is 0 Å². The van der Waals surface area contributed by atoms with Crippen molar-refractivity contribution in [3.63, 3.8) is 0 Å². The molecule has 102 valence electrons. The lowest BCUT2D eigenvalue weighted by Crippen LogP contribution is -2.19. The smallest absolute Gasteiger partial charge is 0.230 e. The molecule has 6 heteroatoms. The molecule has 0 aliphatic rings. The second kappa shape index (κ2) is 4.92. The minimum Gasteiger partial charge on any atom is -0.454 e. The van der Waals surface area contributed by atoms with E-state index in [0.717, 1.165) is 10.8 Å². The quantitative estimate of drug-likeness (QED) is 0.808. The van der Waals surface area contributed by atoms with Crippen LogP contribution in [0.3, 0.4) is 0 Å². The number of carbonyl (C=O) groups excluding carboxylic acids is 1. The summed E-state index contributed by atoms with van der Waals surface area (Å²) in [5, 5.41) is 2.04. The molecule has 0 saturated heterocycles. The summed E-state index contributed by atoms with van der Waals surface area (Å²) in [6, 6.07) is 10.8. The van der Waals surface area contributed by atoms with Gasteiger partial charge in [-0.3, -0.25) is 9.00 Å². The van der Waals surface area contributed by atoms with Crippen molar-refractivity contribution >= 4 is 50.2 Å². The van der Waals surface area contributed by atoms with Gasteiger partial charge in [0.1, 0.15) is 11.3 Å². The number of primary amides is 1. The summed E-state index contributed by atoms with van der Waals surface area (Å²) in [5.41, 5.74) is 6.33. The fraction of sp³-hybridized carbons (Fsp3) is 0.0714. The van der Waals surface area contributed by atoms with Crippen LogP contribution in [0.25, 0.3) is 21.9 Å². The van der Waals surface area contributed by atoms with Gasteiger partial charge in [-0.1, -0.05) is 29.8 Å². The van der Waals surface area contributed by atoms with Gasteiger partial charge in [-0.2, -0.15) is 0 Å². The third-order valence-corrected chi connectivity index (χ3v) is 4.53. The molecule has 2 N–H and O–H groups in total. The maximum Gasteiger partial charge on any atom is 0.230 e. The summed E-state index contributed by atoms with van der Waals surface area (Å²) in [5.74, 6) is -0.839.